The fraction of sp³-hybridized carbons (Fsp3) is 0.350. The van der Waals surface area contributed by atoms with Crippen molar-refractivity contribution in [3.05, 3.63) is 54.1 Å². The monoisotopic (exact) mass is 341 g/mol. The van der Waals surface area contributed by atoms with E-state index < -0.39 is 0 Å². The van der Waals surface area contributed by atoms with Crippen molar-refractivity contribution < 1.29 is 19.0 Å². The number of anilines is 1. The van der Waals surface area contributed by atoms with Crippen LogP contribution in [-0.2, 0) is 4.74 Å². The van der Waals surface area contributed by atoms with Crippen LogP contribution in [0.15, 0.2) is 48.5 Å². The maximum absolute atomic E-state index is 12.7. The molecule has 0 bridgehead atoms. The second-order valence-electron chi connectivity index (χ2n) is 5.83. The van der Waals surface area contributed by atoms with E-state index >= 15 is 0 Å². The normalized spacial score (nSPS) is 16.4. The zero-order valence-electron chi connectivity index (χ0n) is 14.4. The number of ether oxygens (including phenoxy) is 3. The number of para-hydroxylation sites is 3. The first kappa shape index (κ1) is 17.3. The number of hydrogen-bond acceptors (Lipinski definition) is 4. The van der Waals surface area contributed by atoms with Crippen molar-refractivity contribution in [2.45, 2.75) is 25.9 Å². The van der Waals surface area contributed by atoms with Crippen molar-refractivity contribution >= 4 is 11.6 Å². The Morgan fingerprint density at radius 2 is 1.88 bits per heavy atom. The van der Waals surface area contributed by atoms with Gasteiger partial charge in [-0.05, 0) is 44.0 Å². The molecule has 1 aliphatic heterocycles. The second kappa shape index (κ2) is 8.53. The van der Waals surface area contributed by atoms with Crippen LogP contribution in [0.1, 0.15) is 30.1 Å². The van der Waals surface area contributed by atoms with Gasteiger partial charge < -0.3 is 19.5 Å². The van der Waals surface area contributed by atoms with E-state index in [2.05, 4.69) is 5.32 Å². The number of rotatable bonds is 7. The number of hydrogen-bond donors (Lipinski definition) is 1. The van der Waals surface area contributed by atoms with Crippen LogP contribution in [0, 0.1) is 0 Å². The highest BCUT2D eigenvalue weighted by molar-refractivity contribution is 6.06. The van der Waals surface area contributed by atoms with Gasteiger partial charge in [-0.1, -0.05) is 24.3 Å². The van der Waals surface area contributed by atoms with Crippen LogP contribution in [0.4, 0.5) is 5.69 Å². The van der Waals surface area contributed by atoms with Gasteiger partial charge in [-0.2, -0.15) is 0 Å². The maximum Gasteiger partial charge on any atom is 0.259 e. The summed E-state index contributed by atoms with van der Waals surface area (Å²) in [5.41, 5.74) is 1.13. The van der Waals surface area contributed by atoms with Gasteiger partial charge in [0, 0.05) is 6.61 Å². The SMILES string of the molecule is CCOc1ccccc1NC(=O)c1ccccc1OC[C@@H]1CCCO1. The molecule has 0 radical (unpaired) electrons. The summed E-state index contributed by atoms with van der Waals surface area (Å²) in [6, 6.07) is 14.6. The zero-order valence-corrected chi connectivity index (χ0v) is 14.4. The molecule has 5 heteroatoms. The number of nitrogens with one attached hydrogen (secondary N) is 1. The molecule has 3 rings (SSSR count). The Bertz CT molecular complexity index is 710. The summed E-state index contributed by atoms with van der Waals surface area (Å²) < 4.78 is 17.0. The molecule has 0 spiro atoms. The van der Waals surface area contributed by atoms with E-state index in [1.807, 2.05) is 43.3 Å². The van der Waals surface area contributed by atoms with Gasteiger partial charge in [-0.3, -0.25) is 4.79 Å². The molecule has 132 valence electrons. The Morgan fingerprint density at radius 3 is 2.64 bits per heavy atom. The Labute approximate surface area is 147 Å². The average Bonchev–Trinajstić information content (AvgIpc) is 3.15. The molecule has 25 heavy (non-hydrogen) atoms. The van der Waals surface area contributed by atoms with Crippen LogP contribution in [0.25, 0.3) is 0 Å². The Morgan fingerprint density at radius 1 is 1.12 bits per heavy atom. The molecule has 1 fully saturated rings. The fourth-order valence-corrected chi connectivity index (χ4v) is 2.78. The van der Waals surface area contributed by atoms with Gasteiger partial charge in [0.05, 0.1) is 24.0 Å². The maximum atomic E-state index is 12.7. The molecule has 1 saturated heterocycles. The topological polar surface area (TPSA) is 56.8 Å². The summed E-state index contributed by atoms with van der Waals surface area (Å²) in [4.78, 5) is 12.7. The van der Waals surface area contributed by atoms with E-state index in [1.54, 1.807) is 12.1 Å². The minimum Gasteiger partial charge on any atom is -0.492 e. The van der Waals surface area contributed by atoms with Gasteiger partial charge in [0.25, 0.3) is 5.91 Å². The molecule has 0 saturated carbocycles. The summed E-state index contributed by atoms with van der Waals surface area (Å²) in [7, 11) is 0. The first-order valence-corrected chi connectivity index (χ1v) is 8.64. The summed E-state index contributed by atoms with van der Waals surface area (Å²) in [6.45, 7) is 3.69. The molecule has 5 nitrogen and oxygen atoms in total. The van der Waals surface area contributed by atoms with Gasteiger partial charge in [-0.25, -0.2) is 0 Å². The van der Waals surface area contributed by atoms with Crippen molar-refractivity contribution in [3.63, 3.8) is 0 Å². The van der Waals surface area contributed by atoms with Gasteiger partial charge in [-0.15, -0.1) is 0 Å². The number of carbonyl (C=O) groups is 1. The van der Waals surface area contributed by atoms with Gasteiger partial charge in [0.2, 0.25) is 0 Å². The number of carbonyl (C=O) groups excluding carboxylic acids is 1. The first-order chi connectivity index (χ1) is 12.3. The number of benzene rings is 2. The molecule has 2 aromatic rings. The Kier molecular flexibility index (Phi) is 5.90. The minimum absolute atomic E-state index is 0.106. The molecule has 1 amide bonds. The summed E-state index contributed by atoms with van der Waals surface area (Å²) in [6.07, 6.45) is 2.16. The van der Waals surface area contributed by atoms with Crippen molar-refractivity contribution in [1.29, 1.82) is 0 Å². The molecular formula is C20H23NO4. The first-order valence-electron chi connectivity index (χ1n) is 8.64. The smallest absolute Gasteiger partial charge is 0.259 e. The molecular weight excluding hydrogens is 318 g/mol. The lowest BCUT2D eigenvalue weighted by Gasteiger charge is -2.15. The molecule has 0 aliphatic carbocycles. The summed E-state index contributed by atoms with van der Waals surface area (Å²) in [5.74, 6) is 0.982. The fourth-order valence-electron chi connectivity index (χ4n) is 2.78. The van der Waals surface area contributed by atoms with Crippen LogP contribution in [0.5, 0.6) is 11.5 Å². The van der Waals surface area contributed by atoms with E-state index in [1.165, 1.54) is 0 Å². The van der Waals surface area contributed by atoms with Crippen molar-refractivity contribution in [1.82, 2.24) is 0 Å². The largest absolute Gasteiger partial charge is 0.492 e. The zero-order chi connectivity index (χ0) is 17.5. The third kappa shape index (κ3) is 4.51. The quantitative estimate of drug-likeness (QED) is 0.830. The lowest BCUT2D eigenvalue weighted by atomic mass is 10.1. The average molecular weight is 341 g/mol. The van der Waals surface area contributed by atoms with E-state index in [0.29, 0.717) is 36.0 Å². The second-order valence-corrected chi connectivity index (χ2v) is 5.83. The van der Waals surface area contributed by atoms with Crippen LogP contribution >= 0.6 is 0 Å². The van der Waals surface area contributed by atoms with Gasteiger partial charge in [0.15, 0.2) is 0 Å². The van der Waals surface area contributed by atoms with Crippen molar-refractivity contribution in [2.24, 2.45) is 0 Å². The Hall–Kier alpha value is -2.53. The Balaban J connectivity index is 1.71. The molecule has 2 aromatic carbocycles. The molecule has 0 unspecified atom stereocenters. The van der Waals surface area contributed by atoms with Gasteiger partial charge in [0.1, 0.15) is 18.1 Å². The minimum atomic E-state index is -0.227. The van der Waals surface area contributed by atoms with Crippen LogP contribution in [0.2, 0.25) is 0 Å². The predicted octanol–water partition coefficient (Wildman–Crippen LogP) is 3.90. The third-order valence-electron chi connectivity index (χ3n) is 4.02. The highest BCUT2D eigenvalue weighted by atomic mass is 16.5. The van der Waals surface area contributed by atoms with E-state index in [4.69, 9.17) is 14.2 Å². The van der Waals surface area contributed by atoms with Crippen LogP contribution in [-0.4, -0.2) is 31.8 Å². The highest BCUT2D eigenvalue weighted by Gasteiger charge is 2.19. The van der Waals surface area contributed by atoms with Gasteiger partial charge >= 0.3 is 0 Å². The van der Waals surface area contributed by atoms with Crippen LogP contribution < -0.4 is 14.8 Å². The lowest BCUT2D eigenvalue weighted by Crippen LogP contribution is -2.19. The van der Waals surface area contributed by atoms with E-state index in [-0.39, 0.29) is 12.0 Å². The van der Waals surface area contributed by atoms with Crippen LogP contribution in [0.3, 0.4) is 0 Å². The third-order valence-corrected chi connectivity index (χ3v) is 4.02. The van der Waals surface area contributed by atoms with Crippen molar-refractivity contribution in [3.8, 4) is 11.5 Å². The van der Waals surface area contributed by atoms with Crippen molar-refractivity contribution in [2.75, 3.05) is 25.1 Å². The lowest BCUT2D eigenvalue weighted by molar-refractivity contribution is 0.0673. The predicted molar refractivity (Wildman–Crippen MR) is 96.5 cm³/mol. The summed E-state index contributed by atoms with van der Waals surface area (Å²) in [5, 5.41) is 2.90. The molecule has 1 N–H and O–H groups in total. The highest BCUT2D eigenvalue weighted by Crippen LogP contribution is 2.26. The number of amides is 1. The molecule has 1 atom stereocenters. The summed E-state index contributed by atoms with van der Waals surface area (Å²) >= 11 is 0. The standard InChI is InChI=1S/C20H23NO4/c1-2-23-19-12-6-4-10-17(19)21-20(22)16-9-3-5-11-18(16)25-14-15-8-7-13-24-15/h3-6,9-12,15H,2,7-8,13-14H2,1H3,(H,21,22)/t15-/m0/s1. The van der Waals surface area contributed by atoms with E-state index in [0.717, 1.165) is 19.4 Å². The molecule has 1 aliphatic rings. The molecule has 1 heterocycles. The molecule has 0 aromatic heterocycles. The van der Waals surface area contributed by atoms with E-state index in [9.17, 15) is 4.79 Å².